The summed E-state index contributed by atoms with van der Waals surface area (Å²) in [4.78, 5) is 15.2. The minimum atomic E-state index is -0.292. The summed E-state index contributed by atoms with van der Waals surface area (Å²) in [6, 6.07) is 11.4. The van der Waals surface area contributed by atoms with Gasteiger partial charge in [0.05, 0.1) is 12.7 Å². The van der Waals surface area contributed by atoms with Crippen molar-refractivity contribution in [1.29, 1.82) is 0 Å². The highest BCUT2D eigenvalue weighted by Crippen LogP contribution is 2.38. The van der Waals surface area contributed by atoms with Crippen LogP contribution >= 0.6 is 0 Å². The third-order valence-electron chi connectivity index (χ3n) is 5.99. The van der Waals surface area contributed by atoms with Crippen LogP contribution in [0.2, 0.25) is 0 Å². The Morgan fingerprint density at radius 3 is 2.46 bits per heavy atom. The highest BCUT2D eigenvalue weighted by molar-refractivity contribution is 6.08. The van der Waals surface area contributed by atoms with Gasteiger partial charge in [0.1, 0.15) is 23.5 Å². The van der Waals surface area contributed by atoms with E-state index in [1.165, 1.54) is 0 Å². The van der Waals surface area contributed by atoms with Crippen molar-refractivity contribution in [3.63, 3.8) is 0 Å². The van der Waals surface area contributed by atoms with Crippen molar-refractivity contribution in [1.82, 2.24) is 4.90 Å². The molecule has 0 radical (unpaired) electrons. The molecule has 0 saturated carbocycles. The number of hydrogen-bond acceptors (Lipinski definition) is 5. The second kappa shape index (κ2) is 6.79. The van der Waals surface area contributed by atoms with E-state index >= 15 is 0 Å². The van der Waals surface area contributed by atoms with Crippen molar-refractivity contribution in [3.05, 3.63) is 42.0 Å². The first-order valence-corrected chi connectivity index (χ1v) is 9.85. The summed E-state index contributed by atoms with van der Waals surface area (Å²) in [5.41, 5.74) is 2.10. The van der Waals surface area contributed by atoms with Gasteiger partial charge in [-0.25, -0.2) is 0 Å². The number of benzene rings is 2. The molecule has 0 spiro atoms. The second-order valence-corrected chi connectivity index (χ2v) is 7.77. The molecule has 2 aliphatic rings. The Morgan fingerprint density at radius 2 is 1.75 bits per heavy atom. The minimum Gasteiger partial charge on any atom is -0.491 e. The summed E-state index contributed by atoms with van der Waals surface area (Å²) in [6.45, 7) is 0.185. The van der Waals surface area contributed by atoms with Gasteiger partial charge in [0.25, 0.3) is 5.91 Å². The highest BCUT2D eigenvalue weighted by atomic mass is 16.5. The number of amides is 1. The fraction of sp³-hybridized carbons (Fsp3) is 0.409. The Labute approximate surface area is 162 Å². The van der Waals surface area contributed by atoms with Gasteiger partial charge in [-0.15, -0.1) is 0 Å². The van der Waals surface area contributed by atoms with Gasteiger partial charge in [-0.2, -0.15) is 0 Å². The molecule has 2 N–H and O–H groups in total. The van der Waals surface area contributed by atoms with E-state index in [4.69, 9.17) is 14.3 Å². The van der Waals surface area contributed by atoms with Gasteiger partial charge >= 0.3 is 0 Å². The molecule has 2 fully saturated rings. The summed E-state index contributed by atoms with van der Waals surface area (Å²) in [7, 11) is 0. The van der Waals surface area contributed by atoms with Gasteiger partial charge < -0.3 is 24.3 Å². The largest absolute Gasteiger partial charge is 0.491 e. The molecular formula is C22H23NO5. The van der Waals surface area contributed by atoms with Crippen molar-refractivity contribution >= 4 is 27.8 Å². The highest BCUT2D eigenvalue weighted by Gasteiger charge is 2.42. The molecule has 2 atom stereocenters. The molecule has 5 rings (SSSR count). The molecule has 1 amide bonds. The number of furan rings is 1. The zero-order chi connectivity index (χ0) is 19.3. The summed E-state index contributed by atoms with van der Waals surface area (Å²) in [6.07, 6.45) is 2.99. The minimum absolute atomic E-state index is 0.0309. The third kappa shape index (κ3) is 2.84. The van der Waals surface area contributed by atoms with E-state index in [9.17, 15) is 9.90 Å². The van der Waals surface area contributed by atoms with Gasteiger partial charge in [-0.3, -0.25) is 4.79 Å². The topological polar surface area (TPSA) is 83.1 Å². The number of piperidine rings is 1. The monoisotopic (exact) mass is 381 g/mol. The molecule has 2 aromatic carbocycles. The number of ether oxygens (including phenoxy) is 1. The van der Waals surface area contributed by atoms with Crippen LogP contribution in [0.5, 0.6) is 5.75 Å². The number of nitrogens with zero attached hydrogens (tertiary/aromatic N) is 1. The van der Waals surface area contributed by atoms with Crippen LogP contribution < -0.4 is 4.74 Å². The molecule has 2 aliphatic heterocycles. The van der Waals surface area contributed by atoms with Gasteiger partial charge in [0.15, 0.2) is 0 Å². The van der Waals surface area contributed by atoms with Crippen LogP contribution in [0.3, 0.4) is 0 Å². The number of fused-ring (bicyclic) bond motifs is 5. The summed E-state index contributed by atoms with van der Waals surface area (Å²) < 4.78 is 11.4. The molecule has 3 aromatic rings. The van der Waals surface area contributed by atoms with E-state index in [0.717, 1.165) is 34.8 Å². The van der Waals surface area contributed by atoms with E-state index in [0.29, 0.717) is 24.2 Å². The summed E-state index contributed by atoms with van der Waals surface area (Å²) in [5.74, 6) is 0.687. The Bertz CT molecular complexity index is 1030. The molecule has 0 aliphatic carbocycles. The zero-order valence-electron chi connectivity index (χ0n) is 15.5. The molecule has 3 heterocycles. The Hall–Kier alpha value is -2.57. The van der Waals surface area contributed by atoms with E-state index in [1.54, 1.807) is 0 Å². The number of aliphatic hydroxyl groups is 2. The number of hydrogen-bond donors (Lipinski definition) is 2. The van der Waals surface area contributed by atoms with Crippen LogP contribution in [0.25, 0.3) is 21.9 Å². The molecule has 146 valence electrons. The predicted molar refractivity (Wildman–Crippen MR) is 105 cm³/mol. The smallest absolute Gasteiger partial charge is 0.254 e. The molecule has 2 unspecified atom stereocenters. The number of rotatable bonds is 4. The summed E-state index contributed by atoms with van der Waals surface area (Å²) in [5, 5.41) is 20.7. The average molecular weight is 381 g/mol. The Morgan fingerprint density at radius 1 is 1.07 bits per heavy atom. The van der Waals surface area contributed by atoms with Crippen molar-refractivity contribution in [2.24, 2.45) is 0 Å². The average Bonchev–Trinajstić information content (AvgIpc) is 3.20. The first-order chi connectivity index (χ1) is 13.6. The molecule has 28 heavy (non-hydrogen) atoms. The van der Waals surface area contributed by atoms with Crippen LogP contribution in [-0.2, 0) is 0 Å². The fourth-order valence-electron chi connectivity index (χ4n) is 4.77. The van der Waals surface area contributed by atoms with Gasteiger partial charge in [0, 0.05) is 28.4 Å². The maximum absolute atomic E-state index is 13.2. The molecule has 2 saturated heterocycles. The van der Waals surface area contributed by atoms with Crippen LogP contribution in [-0.4, -0.2) is 52.4 Å². The number of carbonyl (C=O) groups is 1. The molecule has 1 aromatic heterocycles. The van der Waals surface area contributed by atoms with Gasteiger partial charge in [-0.1, -0.05) is 0 Å². The first-order valence-electron chi connectivity index (χ1n) is 9.85. The molecular weight excluding hydrogens is 358 g/mol. The first kappa shape index (κ1) is 17.5. The van der Waals surface area contributed by atoms with Crippen molar-refractivity contribution in [2.75, 3.05) is 13.2 Å². The molecule has 6 heteroatoms. The Balaban J connectivity index is 1.51. The van der Waals surface area contributed by atoms with Crippen molar-refractivity contribution in [2.45, 2.75) is 43.9 Å². The van der Waals surface area contributed by atoms with Crippen molar-refractivity contribution < 1.29 is 24.2 Å². The van der Waals surface area contributed by atoms with Crippen LogP contribution in [0.15, 0.2) is 40.8 Å². The van der Waals surface area contributed by atoms with Crippen molar-refractivity contribution in [3.8, 4) is 5.75 Å². The van der Waals surface area contributed by atoms with E-state index < -0.39 is 0 Å². The standard InChI is InChI=1S/C22H23NO5/c24-7-8-27-17-4-6-21-19(12-17)18-9-13(1-5-20(18)28-21)22(26)23-14-2-3-15(23)11-16(25)10-14/h1,4-6,9,12,14-16,24-25H,2-3,7-8,10-11H2. The van der Waals surface area contributed by atoms with E-state index in [-0.39, 0.29) is 37.3 Å². The van der Waals surface area contributed by atoms with Gasteiger partial charge in [0.2, 0.25) is 0 Å². The third-order valence-corrected chi connectivity index (χ3v) is 5.99. The summed E-state index contributed by atoms with van der Waals surface area (Å²) >= 11 is 0. The maximum atomic E-state index is 13.2. The SMILES string of the molecule is O=C(c1ccc2oc3ccc(OCCO)cc3c2c1)N1C2CCC1CC(O)C2. The lowest BCUT2D eigenvalue weighted by atomic mass is 9.98. The lowest BCUT2D eigenvalue weighted by Gasteiger charge is -2.37. The van der Waals surface area contributed by atoms with E-state index in [1.807, 2.05) is 41.3 Å². The zero-order valence-corrected chi connectivity index (χ0v) is 15.5. The molecule has 2 bridgehead atoms. The molecule has 6 nitrogen and oxygen atoms in total. The predicted octanol–water partition coefficient (Wildman–Crippen LogP) is 3.09. The lowest BCUT2D eigenvalue weighted by Crippen LogP contribution is -2.47. The lowest BCUT2D eigenvalue weighted by molar-refractivity contribution is 0.0287. The van der Waals surface area contributed by atoms with E-state index in [2.05, 4.69) is 0 Å². The number of aliphatic hydroxyl groups excluding tert-OH is 2. The van der Waals surface area contributed by atoms with Crippen LogP contribution in [0, 0.1) is 0 Å². The fourth-order valence-corrected chi connectivity index (χ4v) is 4.77. The Kier molecular flexibility index (Phi) is 4.25. The van der Waals surface area contributed by atoms with Crippen LogP contribution in [0.1, 0.15) is 36.0 Å². The normalized spacial score (nSPS) is 24.2. The quantitative estimate of drug-likeness (QED) is 0.726. The number of carbonyl (C=O) groups excluding carboxylic acids is 1. The van der Waals surface area contributed by atoms with Gasteiger partial charge in [-0.05, 0) is 62.1 Å². The maximum Gasteiger partial charge on any atom is 0.254 e. The second-order valence-electron chi connectivity index (χ2n) is 7.77. The van der Waals surface area contributed by atoms with Crippen LogP contribution in [0.4, 0.5) is 0 Å².